The molecule has 19 heavy (non-hydrogen) atoms. The maximum absolute atomic E-state index is 12.2. The largest absolute Gasteiger partial charge is 0.445 e. The number of hydrogen-bond donors (Lipinski definition) is 0. The van der Waals surface area contributed by atoms with E-state index < -0.39 is 0 Å². The van der Waals surface area contributed by atoms with Gasteiger partial charge in [-0.2, -0.15) is 0 Å². The summed E-state index contributed by atoms with van der Waals surface area (Å²) in [4.78, 5) is 14.0. The van der Waals surface area contributed by atoms with Crippen molar-refractivity contribution in [3.05, 3.63) is 35.9 Å². The lowest BCUT2D eigenvalue weighted by molar-refractivity contribution is 0.0932. The fourth-order valence-electron chi connectivity index (χ4n) is 2.87. The first kappa shape index (κ1) is 12.8. The Hall–Kier alpha value is -1.22. The van der Waals surface area contributed by atoms with Crippen molar-refractivity contribution < 1.29 is 9.53 Å². The van der Waals surface area contributed by atoms with Crippen molar-refractivity contribution in [3.63, 3.8) is 0 Å². The first-order valence-electron chi connectivity index (χ1n) is 6.89. The number of alkyl halides is 1. The summed E-state index contributed by atoms with van der Waals surface area (Å²) in [6, 6.07) is 9.96. The van der Waals surface area contributed by atoms with Crippen LogP contribution >= 0.6 is 11.6 Å². The minimum atomic E-state index is -0.219. The number of carbonyl (C=O) groups excluding carboxylic acids is 1. The molecule has 3 rings (SSSR count). The number of fused-ring (bicyclic) bond motifs is 1. The highest BCUT2D eigenvalue weighted by Gasteiger charge is 2.54. The zero-order chi connectivity index (χ0) is 13.2. The number of ether oxygens (including phenoxy) is 1. The van der Waals surface area contributed by atoms with E-state index >= 15 is 0 Å². The van der Waals surface area contributed by atoms with Gasteiger partial charge in [-0.25, -0.2) is 4.79 Å². The van der Waals surface area contributed by atoms with Gasteiger partial charge in [-0.05, 0) is 24.3 Å². The average Bonchev–Trinajstić information content (AvgIpc) is 3.13. The van der Waals surface area contributed by atoms with E-state index in [1.54, 1.807) is 0 Å². The number of benzene rings is 1. The first-order chi connectivity index (χ1) is 9.27. The lowest BCUT2D eigenvalue weighted by Gasteiger charge is -2.21. The van der Waals surface area contributed by atoms with Crippen LogP contribution in [0.2, 0.25) is 0 Å². The highest BCUT2D eigenvalue weighted by molar-refractivity contribution is 6.23. The summed E-state index contributed by atoms with van der Waals surface area (Å²) in [5.41, 5.74) is 1.01. The van der Waals surface area contributed by atoms with Gasteiger partial charge in [0.2, 0.25) is 0 Å². The average molecular weight is 280 g/mol. The van der Waals surface area contributed by atoms with E-state index in [1.165, 1.54) is 0 Å². The van der Waals surface area contributed by atoms with E-state index in [9.17, 15) is 4.79 Å². The Balaban J connectivity index is 1.58. The number of likely N-dealkylation sites (tertiary alicyclic amines) is 1. The molecule has 0 radical (unpaired) electrons. The third-order valence-corrected chi connectivity index (χ3v) is 4.60. The third kappa shape index (κ3) is 2.71. The lowest BCUT2D eigenvalue weighted by atomic mass is 10.2. The van der Waals surface area contributed by atoms with Crippen molar-refractivity contribution >= 4 is 17.7 Å². The normalized spacial score (nSPS) is 29.3. The second-order valence-electron chi connectivity index (χ2n) is 5.33. The summed E-state index contributed by atoms with van der Waals surface area (Å²) < 4.78 is 5.40. The summed E-state index contributed by atoms with van der Waals surface area (Å²) in [6.45, 7) is 1.11. The van der Waals surface area contributed by atoms with Gasteiger partial charge in [-0.1, -0.05) is 36.8 Å². The van der Waals surface area contributed by atoms with Crippen molar-refractivity contribution in [1.29, 1.82) is 0 Å². The second-order valence-corrected chi connectivity index (χ2v) is 5.83. The fraction of sp³-hybridized carbons (Fsp3) is 0.533. The zero-order valence-electron chi connectivity index (χ0n) is 10.8. The Labute approximate surface area is 118 Å². The highest BCUT2D eigenvalue weighted by Crippen LogP contribution is 2.46. The molecule has 0 N–H and O–H groups in total. The maximum Gasteiger partial charge on any atom is 0.410 e. The van der Waals surface area contributed by atoms with Crippen LogP contribution in [0, 0.1) is 5.92 Å². The Bertz CT molecular complexity index is 451. The van der Waals surface area contributed by atoms with E-state index in [-0.39, 0.29) is 17.5 Å². The van der Waals surface area contributed by atoms with Crippen LogP contribution in [0.15, 0.2) is 30.3 Å². The van der Waals surface area contributed by atoms with E-state index in [0.717, 1.165) is 31.4 Å². The lowest BCUT2D eigenvalue weighted by Crippen LogP contribution is -2.35. The quantitative estimate of drug-likeness (QED) is 0.777. The van der Waals surface area contributed by atoms with Crippen molar-refractivity contribution in [2.45, 2.75) is 37.3 Å². The smallest absolute Gasteiger partial charge is 0.410 e. The van der Waals surface area contributed by atoms with E-state index in [1.807, 2.05) is 35.2 Å². The van der Waals surface area contributed by atoms with Gasteiger partial charge >= 0.3 is 6.09 Å². The number of amides is 1. The first-order valence-corrected chi connectivity index (χ1v) is 7.32. The molecule has 3 nitrogen and oxygen atoms in total. The van der Waals surface area contributed by atoms with Gasteiger partial charge < -0.3 is 9.64 Å². The van der Waals surface area contributed by atoms with E-state index in [2.05, 4.69) is 0 Å². The van der Waals surface area contributed by atoms with Gasteiger partial charge in [-0.3, -0.25) is 0 Å². The molecule has 4 heteroatoms. The van der Waals surface area contributed by atoms with Crippen LogP contribution in [0.25, 0.3) is 0 Å². The van der Waals surface area contributed by atoms with Crippen molar-refractivity contribution in [1.82, 2.24) is 4.90 Å². The molecule has 1 saturated heterocycles. The van der Waals surface area contributed by atoms with Gasteiger partial charge in [-0.15, -0.1) is 11.6 Å². The molecule has 1 aliphatic carbocycles. The number of nitrogens with zero attached hydrogens (tertiary/aromatic N) is 1. The molecule has 102 valence electrons. The molecule has 3 atom stereocenters. The molecular formula is C15H18ClNO2. The van der Waals surface area contributed by atoms with E-state index in [0.29, 0.717) is 12.5 Å². The van der Waals surface area contributed by atoms with Gasteiger partial charge in [0.05, 0.1) is 11.4 Å². The van der Waals surface area contributed by atoms with Crippen LogP contribution in [-0.2, 0) is 11.3 Å². The molecule has 0 aromatic heterocycles. The van der Waals surface area contributed by atoms with Gasteiger partial charge in [0.1, 0.15) is 6.61 Å². The van der Waals surface area contributed by atoms with Crippen molar-refractivity contribution in [2.24, 2.45) is 5.92 Å². The molecule has 1 amide bonds. The molecule has 2 aliphatic rings. The summed E-state index contributed by atoms with van der Waals surface area (Å²) in [6.07, 6.45) is 3.13. The van der Waals surface area contributed by atoms with Gasteiger partial charge in [0.15, 0.2) is 0 Å². The summed E-state index contributed by atoms with van der Waals surface area (Å²) in [7, 11) is 0. The Morgan fingerprint density at radius 3 is 2.89 bits per heavy atom. The molecule has 1 saturated carbocycles. The van der Waals surface area contributed by atoms with Gasteiger partial charge in [0, 0.05) is 6.54 Å². The number of carbonyl (C=O) groups is 1. The molecule has 1 aliphatic heterocycles. The van der Waals surface area contributed by atoms with E-state index in [4.69, 9.17) is 16.3 Å². The Morgan fingerprint density at radius 1 is 1.32 bits per heavy atom. The standard InChI is InChI=1S/C15H18ClNO2/c16-13-12-8-4-5-9-17(14(12)13)15(18)19-10-11-6-2-1-3-7-11/h1-3,6-7,12-14H,4-5,8-10H2/t12-,13-,14?/m0/s1. The minimum Gasteiger partial charge on any atom is -0.445 e. The third-order valence-electron chi connectivity index (χ3n) is 4.02. The van der Waals surface area contributed by atoms with Crippen LogP contribution in [-0.4, -0.2) is 29.0 Å². The highest BCUT2D eigenvalue weighted by atomic mass is 35.5. The Morgan fingerprint density at radius 2 is 2.11 bits per heavy atom. The number of rotatable bonds is 2. The van der Waals surface area contributed by atoms with Crippen LogP contribution in [0.4, 0.5) is 4.79 Å². The maximum atomic E-state index is 12.2. The summed E-state index contributed by atoms with van der Waals surface area (Å²) in [5, 5.41) is 0.129. The number of hydrogen-bond acceptors (Lipinski definition) is 2. The van der Waals surface area contributed by atoms with Crippen LogP contribution in [0.1, 0.15) is 24.8 Å². The molecule has 0 spiro atoms. The van der Waals surface area contributed by atoms with Crippen LogP contribution < -0.4 is 0 Å². The summed E-state index contributed by atoms with van der Waals surface area (Å²) in [5.74, 6) is 0.480. The molecule has 1 heterocycles. The van der Waals surface area contributed by atoms with Gasteiger partial charge in [0.25, 0.3) is 0 Å². The molecule has 1 aromatic carbocycles. The predicted octanol–water partition coefficient (Wildman–Crippen LogP) is 3.41. The topological polar surface area (TPSA) is 29.5 Å². The molecule has 1 unspecified atom stereocenters. The second kappa shape index (κ2) is 5.41. The fourth-order valence-corrected chi connectivity index (χ4v) is 3.39. The number of halogens is 1. The summed E-state index contributed by atoms with van der Waals surface area (Å²) >= 11 is 6.24. The zero-order valence-corrected chi connectivity index (χ0v) is 11.6. The molecule has 1 aromatic rings. The predicted molar refractivity (Wildman–Crippen MR) is 74.1 cm³/mol. The monoisotopic (exact) mass is 279 g/mol. The van der Waals surface area contributed by atoms with Crippen LogP contribution in [0.5, 0.6) is 0 Å². The molecule has 2 fully saturated rings. The molecule has 0 bridgehead atoms. The van der Waals surface area contributed by atoms with Crippen molar-refractivity contribution in [2.75, 3.05) is 6.54 Å². The minimum absolute atomic E-state index is 0.129. The van der Waals surface area contributed by atoms with Crippen molar-refractivity contribution in [3.8, 4) is 0 Å². The van der Waals surface area contributed by atoms with Crippen LogP contribution in [0.3, 0.4) is 0 Å². The SMILES string of the molecule is O=C(OCc1ccccc1)N1CCCC[C@@H]2C1[C@H]2Cl. The Kier molecular flexibility index (Phi) is 3.65. The molecular weight excluding hydrogens is 262 g/mol.